The number of thioether (sulfide) groups is 1. The Bertz CT molecular complexity index is 1340. The summed E-state index contributed by atoms with van der Waals surface area (Å²) in [5.41, 5.74) is 2.72. The van der Waals surface area contributed by atoms with Crippen LogP contribution in [0.1, 0.15) is 19.4 Å². The van der Waals surface area contributed by atoms with Gasteiger partial charge in [-0.25, -0.2) is 9.97 Å². The molecule has 0 radical (unpaired) electrons. The monoisotopic (exact) mass is 464 g/mol. The highest BCUT2D eigenvalue weighted by molar-refractivity contribution is 8.00. The van der Waals surface area contributed by atoms with Gasteiger partial charge in [-0.2, -0.15) is 0 Å². The fraction of sp³-hybridized carbons (Fsp3) is 0.167. The minimum Gasteiger partial charge on any atom is -0.322 e. The molecule has 1 atom stereocenters. The molecule has 1 amide bonds. The lowest BCUT2D eigenvalue weighted by molar-refractivity contribution is -0.115. The Hall–Kier alpha value is -3.16. The zero-order valence-electron chi connectivity index (χ0n) is 17.6. The third kappa shape index (κ3) is 4.54. The molecule has 162 valence electrons. The minimum absolute atomic E-state index is 0.176. The topological polar surface area (TPSA) is 76.9 Å². The molecule has 32 heavy (non-hydrogen) atoms. The van der Waals surface area contributed by atoms with Crippen molar-refractivity contribution < 1.29 is 4.79 Å². The lowest BCUT2D eigenvalue weighted by atomic mass is 10.1. The number of nitrogens with one attached hydrogen (secondary N) is 1. The van der Waals surface area contributed by atoms with Gasteiger partial charge in [-0.05, 0) is 55.3 Å². The van der Waals surface area contributed by atoms with Crippen LogP contribution in [0.5, 0.6) is 0 Å². The molecule has 0 fully saturated rings. The van der Waals surface area contributed by atoms with Crippen LogP contribution in [0, 0.1) is 0 Å². The minimum atomic E-state index is -0.541. The molecule has 1 unspecified atom stereocenters. The second kappa shape index (κ2) is 9.54. The average Bonchev–Trinajstić information content (AvgIpc) is 2.81. The maximum Gasteiger partial charge on any atom is 0.266 e. The zero-order chi connectivity index (χ0) is 22.7. The lowest BCUT2D eigenvalue weighted by Crippen LogP contribution is -2.26. The summed E-state index contributed by atoms with van der Waals surface area (Å²) in [6.07, 6.45) is 2.46. The number of benzene rings is 2. The molecule has 8 heteroatoms. The van der Waals surface area contributed by atoms with Crippen molar-refractivity contribution in [1.82, 2.24) is 14.5 Å². The Morgan fingerprint density at radius 3 is 2.59 bits per heavy atom. The highest BCUT2D eigenvalue weighted by Crippen LogP contribution is 2.27. The third-order valence-electron chi connectivity index (χ3n) is 5.02. The number of pyridine rings is 1. The van der Waals surface area contributed by atoms with Crippen LogP contribution in [-0.4, -0.2) is 25.7 Å². The summed E-state index contributed by atoms with van der Waals surface area (Å²) in [4.78, 5) is 34.9. The Morgan fingerprint density at radius 1 is 1.12 bits per heavy atom. The van der Waals surface area contributed by atoms with Gasteiger partial charge < -0.3 is 5.32 Å². The van der Waals surface area contributed by atoms with Gasteiger partial charge in [-0.15, -0.1) is 0 Å². The van der Waals surface area contributed by atoms with E-state index in [0.29, 0.717) is 27.4 Å². The summed E-state index contributed by atoms with van der Waals surface area (Å²) in [5.74, 6) is -0.264. The van der Waals surface area contributed by atoms with Gasteiger partial charge in [-0.1, -0.05) is 54.6 Å². The fourth-order valence-corrected chi connectivity index (χ4v) is 4.32. The highest BCUT2D eigenvalue weighted by atomic mass is 35.5. The number of fused-ring (bicyclic) bond motifs is 1. The number of anilines is 1. The smallest absolute Gasteiger partial charge is 0.266 e. The van der Waals surface area contributed by atoms with Crippen LogP contribution in [0.2, 0.25) is 5.15 Å². The second-order valence-electron chi connectivity index (χ2n) is 7.16. The van der Waals surface area contributed by atoms with E-state index in [1.54, 1.807) is 42.0 Å². The summed E-state index contributed by atoms with van der Waals surface area (Å²) in [7, 11) is 0. The molecule has 6 nitrogen and oxygen atoms in total. The van der Waals surface area contributed by atoms with Gasteiger partial charge in [-0.3, -0.25) is 14.2 Å². The largest absolute Gasteiger partial charge is 0.322 e. The van der Waals surface area contributed by atoms with E-state index in [0.717, 1.165) is 6.42 Å². The van der Waals surface area contributed by atoms with Gasteiger partial charge in [0, 0.05) is 6.20 Å². The Balaban J connectivity index is 1.72. The third-order valence-corrected chi connectivity index (χ3v) is 6.37. The van der Waals surface area contributed by atoms with E-state index >= 15 is 0 Å². The second-order valence-corrected chi connectivity index (χ2v) is 8.83. The molecule has 2 aromatic heterocycles. The average molecular weight is 465 g/mol. The molecule has 0 saturated heterocycles. The van der Waals surface area contributed by atoms with Crippen LogP contribution < -0.4 is 10.9 Å². The van der Waals surface area contributed by atoms with Crippen molar-refractivity contribution in [2.45, 2.75) is 30.7 Å². The quantitative estimate of drug-likeness (QED) is 0.243. The fourth-order valence-electron chi connectivity index (χ4n) is 3.23. The van der Waals surface area contributed by atoms with Crippen LogP contribution in [-0.2, 0) is 11.2 Å². The molecule has 0 bridgehead atoms. The molecule has 0 aliphatic carbocycles. The van der Waals surface area contributed by atoms with Crippen molar-refractivity contribution in [3.63, 3.8) is 0 Å². The van der Waals surface area contributed by atoms with Gasteiger partial charge in [0.15, 0.2) is 10.3 Å². The van der Waals surface area contributed by atoms with Gasteiger partial charge in [0.2, 0.25) is 5.91 Å². The first kappa shape index (κ1) is 22.0. The summed E-state index contributed by atoms with van der Waals surface area (Å²) in [6, 6.07) is 18.4. The highest BCUT2D eigenvalue weighted by Gasteiger charge is 2.21. The maximum absolute atomic E-state index is 13.4. The van der Waals surface area contributed by atoms with E-state index in [2.05, 4.69) is 17.2 Å². The standard InChI is InChI=1S/C24H21ClN4O2S/c1-3-16-10-12-17(13-11-16)29-23(31)18-7-4-5-8-19(18)28-24(29)32-15(2)22(30)27-20-9-6-14-26-21(20)25/h4-15H,3H2,1-2H3,(H,27,30). The number of hydrogen-bond donors (Lipinski definition) is 1. The Morgan fingerprint density at radius 2 is 1.88 bits per heavy atom. The molecule has 4 rings (SSSR count). The number of carbonyl (C=O) groups is 1. The first-order chi connectivity index (χ1) is 15.5. The molecule has 0 spiro atoms. The van der Waals surface area contributed by atoms with Crippen molar-refractivity contribution >= 4 is 45.9 Å². The van der Waals surface area contributed by atoms with E-state index in [4.69, 9.17) is 16.6 Å². The molecule has 2 heterocycles. The van der Waals surface area contributed by atoms with Crippen molar-refractivity contribution in [2.75, 3.05) is 5.32 Å². The van der Waals surface area contributed by atoms with Crippen molar-refractivity contribution in [3.05, 3.63) is 87.9 Å². The summed E-state index contributed by atoms with van der Waals surface area (Å²) >= 11 is 7.27. The molecule has 0 saturated carbocycles. The van der Waals surface area contributed by atoms with Crippen LogP contribution >= 0.6 is 23.4 Å². The lowest BCUT2D eigenvalue weighted by Gasteiger charge is -2.17. The van der Waals surface area contributed by atoms with E-state index in [1.165, 1.54) is 17.3 Å². The van der Waals surface area contributed by atoms with Gasteiger partial charge >= 0.3 is 0 Å². The maximum atomic E-state index is 13.4. The molecule has 1 N–H and O–H groups in total. The SMILES string of the molecule is CCc1ccc(-n2c(SC(C)C(=O)Nc3cccnc3Cl)nc3ccccc3c2=O)cc1. The molecule has 0 aliphatic heterocycles. The van der Waals surface area contributed by atoms with E-state index < -0.39 is 5.25 Å². The van der Waals surface area contributed by atoms with Gasteiger partial charge in [0.1, 0.15) is 0 Å². The summed E-state index contributed by atoms with van der Waals surface area (Å²) < 4.78 is 1.56. The van der Waals surface area contributed by atoms with Crippen molar-refractivity contribution in [1.29, 1.82) is 0 Å². The number of rotatable bonds is 6. The van der Waals surface area contributed by atoms with Crippen LogP contribution in [0.3, 0.4) is 0 Å². The molecule has 4 aromatic rings. The number of carbonyl (C=O) groups excluding carboxylic acids is 1. The van der Waals surface area contributed by atoms with E-state index in [1.807, 2.05) is 36.4 Å². The van der Waals surface area contributed by atoms with E-state index in [9.17, 15) is 9.59 Å². The zero-order valence-corrected chi connectivity index (χ0v) is 19.2. The van der Waals surface area contributed by atoms with Crippen molar-refractivity contribution in [2.24, 2.45) is 0 Å². The normalized spacial score (nSPS) is 12.0. The summed E-state index contributed by atoms with van der Waals surface area (Å²) in [6.45, 7) is 3.84. The van der Waals surface area contributed by atoms with Crippen LogP contribution in [0.4, 0.5) is 5.69 Å². The molecular formula is C24H21ClN4O2S. The molecule has 2 aromatic carbocycles. The van der Waals surface area contributed by atoms with Gasteiger partial charge in [0.25, 0.3) is 5.56 Å². The summed E-state index contributed by atoms with van der Waals surface area (Å²) in [5, 5.41) is 3.43. The number of hydrogen-bond acceptors (Lipinski definition) is 5. The van der Waals surface area contributed by atoms with Gasteiger partial charge in [0.05, 0.1) is 27.5 Å². The van der Waals surface area contributed by atoms with Crippen LogP contribution in [0.15, 0.2) is 76.8 Å². The number of amides is 1. The predicted molar refractivity (Wildman–Crippen MR) is 130 cm³/mol. The number of nitrogens with zero attached hydrogens (tertiary/aromatic N) is 3. The number of aryl methyl sites for hydroxylation is 1. The first-order valence-corrected chi connectivity index (χ1v) is 11.4. The Kier molecular flexibility index (Phi) is 6.58. The predicted octanol–water partition coefficient (Wildman–Crippen LogP) is 5.12. The number of aromatic nitrogens is 3. The Labute approximate surface area is 194 Å². The first-order valence-electron chi connectivity index (χ1n) is 10.2. The number of halogens is 1. The van der Waals surface area contributed by atoms with Crippen molar-refractivity contribution in [3.8, 4) is 5.69 Å². The van der Waals surface area contributed by atoms with Crippen LogP contribution in [0.25, 0.3) is 16.6 Å². The van der Waals surface area contributed by atoms with E-state index in [-0.39, 0.29) is 16.6 Å². The molecule has 0 aliphatic rings. The molecular weight excluding hydrogens is 444 g/mol. The number of para-hydroxylation sites is 1.